The maximum absolute atomic E-state index is 12.8. The van der Waals surface area contributed by atoms with Crippen LogP contribution in [0.2, 0.25) is 0 Å². The molecule has 1 aromatic rings. The van der Waals surface area contributed by atoms with Crippen molar-refractivity contribution >= 4 is 23.5 Å². The summed E-state index contributed by atoms with van der Waals surface area (Å²) in [5.74, 6) is -1.87. The Labute approximate surface area is 127 Å². The van der Waals surface area contributed by atoms with Crippen LogP contribution >= 0.6 is 0 Å². The Morgan fingerprint density at radius 2 is 2.09 bits per heavy atom. The monoisotopic (exact) mass is 304 g/mol. The number of fused-ring (bicyclic) bond motifs is 3. The number of anilines is 1. The van der Waals surface area contributed by atoms with Gasteiger partial charge in [-0.25, -0.2) is 4.79 Å². The van der Waals surface area contributed by atoms with Gasteiger partial charge in [-0.2, -0.15) is 0 Å². The quantitative estimate of drug-likeness (QED) is 0.884. The highest BCUT2D eigenvalue weighted by atomic mass is 16.5. The van der Waals surface area contributed by atoms with Crippen molar-refractivity contribution in [3.05, 3.63) is 29.8 Å². The van der Waals surface area contributed by atoms with E-state index in [-0.39, 0.29) is 37.8 Å². The van der Waals surface area contributed by atoms with Crippen LogP contribution < -0.4 is 4.90 Å². The summed E-state index contributed by atoms with van der Waals surface area (Å²) in [5, 5.41) is 9.80. The molecule has 1 saturated heterocycles. The van der Waals surface area contributed by atoms with E-state index in [9.17, 15) is 19.5 Å². The van der Waals surface area contributed by atoms with Crippen molar-refractivity contribution in [3.63, 3.8) is 0 Å². The summed E-state index contributed by atoms with van der Waals surface area (Å²) in [6.07, 6.45) is 0.169. The summed E-state index contributed by atoms with van der Waals surface area (Å²) < 4.78 is 4.99. The first-order valence-electron chi connectivity index (χ1n) is 7.00. The predicted molar refractivity (Wildman–Crippen MR) is 76.4 cm³/mol. The molecule has 0 aromatic heterocycles. The zero-order chi connectivity index (χ0) is 15.9. The zero-order valence-electron chi connectivity index (χ0n) is 12.1. The van der Waals surface area contributed by atoms with E-state index in [2.05, 4.69) is 0 Å². The number of carboxylic acid groups (broad SMARTS) is 1. The molecule has 116 valence electrons. The van der Waals surface area contributed by atoms with Gasteiger partial charge < -0.3 is 14.7 Å². The smallest absolute Gasteiger partial charge is 0.351 e. The Morgan fingerprint density at radius 1 is 1.36 bits per heavy atom. The molecule has 2 heterocycles. The van der Waals surface area contributed by atoms with Crippen LogP contribution in [-0.4, -0.2) is 53.7 Å². The van der Waals surface area contributed by atoms with Gasteiger partial charge in [-0.1, -0.05) is 12.1 Å². The molecule has 0 bridgehead atoms. The van der Waals surface area contributed by atoms with Crippen LogP contribution in [-0.2, 0) is 14.3 Å². The van der Waals surface area contributed by atoms with E-state index in [0.717, 1.165) is 0 Å². The summed E-state index contributed by atoms with van der Waals surface area (Å²) in [5.41, 5.74) is -0.946. The molecule has 1 fully saturated rings. The number of para-hydroxylation sites is 1. The van der Waals surface area contributed by atoms with E-state index >= 15 is 0 Å². The molecule has 1 unspecified atom stereocenters. The second-order valence-corrected chi connectivity index (χ2v) is 5.32. The molecule has 2 amide bonds. The maximum Gasteiger partial charge on any atom is 0.351 e. The van der Waals surface area contributed by atoms with Crippen molar-refractivity contribution in [2.75, 3.05) is 25.2 Å². The summed E-state index contributed by atoms with van der Waals surface area (Å²) in [7, 11) is 1.48. The molecule has 1 N–H and O–H groups in total. The lowest BCUT2D eigenvalue weighted by molar-refractivity contribution is -0.150. The average Bonchev–Trinajstić information content (AvgIpc) is 2.86. The van der Waals surface area contributed by atoms with Gasteiger partial charge in [0.15, 0.2) is 0 Å². The predicted octanol–water partition coefficient (Wildman–Crippen LogP) is 0.696. The average molecular weight is 304 g/mol. The first-order chi connectivity index (χ1) is 10.5. The van der Waals surface area contributed by atoms with Crippen molar-refractivity contribution in [1.82, 2.24) is 4.90 Å². The third-order valence-corrected chi connectivity index (χ3v) is 4.24. The Bertz CT molecular complexity index is 659. The molecule has 1 aromatic carbocycles. The lowest BCUT2D eigenvalue weighted by Gasteiger charge is -2.47. The van der Waals surface area contributed by atoms with Gasteiger partial charge in [-0.15, -0.1) is 0 Å². The largest absolute Gasteiger partial charge is 0.478 e. The Morgan fingerprint density at radius 3 is 2.77 bits per heavy atom. The van der Waals surface area contributed by atoms with Crippen molar-refractivity contribution in [1.29, 1.82) is 0 Å². The molecular formula is C15H16N2O5. The van der Waals surface area contributed by atoms with Crippen LogP contribution in [0.25, 0.3) is 0 Å². The van der Waals surface area contributed by atoms with Crippen molar-refractivity contribution in [2.24, 2.45) is 0 Å². The van der Waals surface area contributed by atoms with E-state index < -0.39 is 11.6 Å². The van der Waals surface area contributed by atoms with E-state index in [4.69, 9.17) is 4.74 Å². The number of hydrogen-bond donors (Lipinski definition) is 1. The molecule has 7 nitrogen and oxygen atoms in total. The number of aliphatic carboxylic acids is 1. The Kier molecular flexibility index (Phi) is 3.37. The fraction of sp³-hybridized carbons (Fsp3) is 0.400. The second kappa shape index (κ2) is 5.10. The summed E-state index contributed by atoms with van der Waals surface area (Å²) in [4.78, 5) is 39.5. The topological polar surface area (TPSA) is 87.2 Å². The highest BCUT2D eigenvalue weighted by Crippen LogP contribution is 2.44. The number of carboxylic acids is 1. The third kappa shape index (κ3) is 1.75. The highest BCUT2D eigenvalue weighted by molar-refractivity contribution is 6.15. The van der Waals surface area contributed by atoms with Crippen molar-refractivity contribution in [2.45, 2.75) is 18.5 Å². The van der Waals surface area contributed by atoms with E-state index in [1.807, 2.05) is 0 Å². The molecule has 1 atom stereocenters. The van der Waals surface area contributed by atoms with Crippen LogP contribution in [0.3, 0.4) is 0 Å². The number of methoxy groups -OCH3 is 1. The van der Waals surface area contributed by atoms with Crippen LogP contribution in [0.4, 0.5) is 5.69 Å². The van der Waals surface area contributed by atoms with Gasteiger partial charge >= 0.3 is 5.97 Å². The SMILES string of the molecule is COCCN1C(=O)c2ccccc2N2C(=O)CCC12C(=O)O. The maximum atomic E-state index is 12.8. The van der Waals surface area contributed by atoms with E-state index in [1.54, 1.807) is 24.3 Å². The molecule has 2 aliphatic rings. The first kappa shape index (κ1) is 14.5. The van der Waals surface area contributed by atoms with Gasteiger partial charge in [0, 0.05) is 26.5 Å². The highest BCUT2D eigenvalue weighted by Gasteiger charge is 2.61. The zero-order valence-corrected chi connectivity index (χ0v) is 12.1. The normalized spacial score (nSPS) is 23.5. The molecule has 0 saturated carbocycles. The van der Waals surface area contributed by atoms with Gasteiger partial charge in [-0.05, 0) is 12.1 Å². The Hall–Kier alpha value is -2.41. The number of carbonyl (C=O) groups excluding carboxylic acids is 2. The Balaban J connectivity index is 2.21. The van der Waals surface area contributed by atoms with Gasteiger partial charge in [0.25, 0.3) is 5.91 Å². The first-order valence-corrected chi connectivity index (χ1v) is 7.00. The molecule has 0 aliphatic carbocycles. The van der Waals surface area contributed by atoms with Crippen LogP contribution in [0.15, 0.2) is 24.3 Å². The van der Waals surface area contributed by atoms with Gasteiger partial charge in [-0.3, -0.25) is 14.5 Å². The second-order valence-electron chi connectivity index (χ2n) is 5.32. The summed E-state index contributed by atoms with van der Waals surface area (Å²) in [6, 6.07) is 6.60. The van der Waals surface area contributed by atoms with Crippen LogP contribution in [0.1, 0.15) is 23.2 Å². The van der Waals surface area contributed by atoms with Gasteiger partial charge in [0.05, 0.1) is 17.9 Å². The minimum absolute atomic E-state index is 0.0744. The molecule has 0 radical (unpaired) electrons. The molecule has 22 heavy (non-hydrogen) atoms. The molecule has 7 heteroatoms. The molecular weight excluding hydrogens is 288 g/mol. The fourth-order valence-electron chi connectivity index (χ4n) is 3.25. The number of rotatable bonds is 4. The molecule has 2 aliphatic heterocycles. The fourth-order valence-corrected chi connectivity index (χ4v) is 3.25. The lowest BCUT2D eigenvalue weighted by Crippen LogP contribution is -2.68. The van der Waals surface area contributed by atoms with Gasteiger partial charge in [0.1, 0.15) is 0 Å². The summed E-state index contributed by atoms with van der Waals surface area (Å²) >= 11 is 0. The number of benzene rings is 1. The minimum Gasteiger partial charge on any atom is -0.478 e. The number of carbonyl (C=O) groups is 3. The molecule has 0 spiro atoms. The number of nitrogens with zero attached hydrogens (tertiary/aromatic N) is 2. The number of amides is 2. The van der Waals surface area contributed by atoms with Crippen molar-refractivity contribution in [3.8, 4) is 0 Å². The van der Waals surface area contributed by atoms with E-state index in [1.165, 1.54) is 16.9 Å². The standard InChI is InChI=1S/C15H16N2O5/c1-22-9-8-16-13(19)10-4-2-3-5-11(10)17-12(18)6-7-15(16,17)14(20)21/h2-5H,6-9H2,1H3,(H,20,21). The minimum atomic E-state index is -1.65. The third-order valence-electron chi connectivity index (χ3n) is 4.24. The number of hydrogen-bond acceptors (Lipinski definition) is 4. The van der Waals surface area contributed by atoms with Crippen molar-refractivity contribution < 1.29 is 24.2 Å². The van der Waals surface area contributed by atoms with Crippen LogP contribution in [0, 0.1) is 0 Å². The van der Waals surface area contributed by atoms with Crippen LogP contribution in [0.5, 0.6) is 0 Å². The van der Waals surface area contributed by atoms with E-state index in [0.29, 0.717) is 11.3 Å². The molecule has 3 rings (SSSR count). The summed E-state index contributed by atoms with van der Waals surface area (Å²) in [6.45, 7) is 0.310. The number of ether oxygens (including phenoxy) is 1. The lowest BCUT2D eigenvalue weighted by atomic mass is 9.96. The van der Waals surface area contributed by atoms with Gasteiger partial charge in [0.2, 0.25) is 11.6 Å².